The van der Waals surface area contributed by atoms with Gasteiger partial charge in [-0.15, -0.1) is 0 Å². The second-order valence-electron chi connectivity index (χ2n) is 18.2. The maximum absolute atomic E-state index is 3.36. The number of aromatic nitrogens is 2. The number of nitrogens with zero attached hydrogens (tertiary/aromatic N) is 3. The van der Waals surface area contributed by atoms with E-state index >= 15 is 0 Å². The Bertz CT molecular complexity index is 4010. The van der Waals surface area contributed by atoms with Gasteiger partial charge in [-0.1, -0.05) is 201 Å². The Morgan fingerprint density at radius 2 is 0.603 bits per heavy atom. The quantitative estimate of drug-likeness (QED) is 0.125. The van der Waals surface area contributed by atoms with Crippen LogP contribution >= 0.6 is 0 Å². The number of fused-ring (bicyclic) bond motifs is 6. The topological polar surface area (TPSA) is 13.1 Å². The molecule has 0 N–H and O–H groups in total. The Morgan fingerprint density at radius 3 is 1.18 bits per heavy atom. The summed E-state index contributed by atoms with van der Waals surface area (Å²) in [5.74, 6) is 0. The summed E-state index contributed by atoms with van der Waals surface area (Å²) in [4.78, 5) is 2.36. The van der Waals surface area contributed by atoms with E-state index < -0.39 is 0 Å². The van der Waals surface area contributed by atoms with Gasteiger partial charge in [-0.05, 0) is 142 Å². The molecule has 3 heteroatoms. The van der Waals surface area contributed by atoms with Crippen LogP contribution in [-0.4, -0.2) is 9.13 Å². The van der Waals surface area contributed by atoms with Gasteiger partial charge in [0, 0.05) is 50.0 Å². The largest absolute Gasteiger partial charge is 0.311 e. The summed E-state index contributed by atoms with van der Waals surface area (Å²) in [7, 11) is 0. The van der Waals surface area contributed by atoms with Crippen LogP contribution in [0, 0.1) is 0 Å². The summed E-state index contributed by atoms with van der Waals surface area (Å²) >= 11 is 0. The third-order valence-electron chi connectivity index (χ3n) is 13.9. The molecule has 73 heavy (non-hydrogen) atoms. The summed E-state index contributed by atoms with van der Waals surface area (Å²) in [6.07, 6.45) is 3.28. The summed E-state index contributed by atoms with van der Waals surface area (Å²) in [6.45, 7) is 6.72. The van der Waals surface area contributed by atoms with E-state index in [2.05, 4.69) is 300 Å². The first-order valence-corrected chi connectivity index (χ1v) is 24.8. The van der Waals surface area contributed by atoms with E-state index in [1.807, 2.05) is 0 Å². The zero-order valence-corrected chi connectivity index (χ0v) is 40.4. The van der Waals surface area contributed by atoms with Crippen LogP contribution < -0.4 is 4.90 Å². The maximum atomic E-state index is 3.36. The van der Waals surface area contributed by atoms with E-state index in [4.69, 9.17) is 0 Å². The SMILES string of the molecule is C=CC=C.c1ccc(-c2ccc(N(c3ccc(-c4cccc(-c5ccc6c(c5)c5ccc(-c7ccccc7)cc5n6-c5ccccc5)c4)cc3)c3ccc(-n4c5ccccc5c5ccccc54)cc3)cc2)cc1. The minimum Gasteiger partial charge on any atom is -0.311 e. The van der Waals surface area contributed by atoms with Gasteiger partial charge in [0.2, 0.25) is 0 Å². The number of anilines is 3. The third-order valence-corrected chi connectivity index (χ3v) is 13.9. The smallest absolute Gasteiger partial charge is 0.0547 e. The van der Waals surface area contributed by atoms with Gasteiger partial charge in [0.05, 0.1) is 22.1 Å². The van der Waals surface area contributed by atoms with Crippen LogP contribution in [0.5, 0.6) is 0 Å². The second kappa shape index (κ2) is 19.6. The van der Waals surface area contributed by atoms with Crippen LogP contribution in [0.3, 0.4) is 0 Å². The summed E-state index contributed by atoms with van der Waals surface area (Å²) < 4.78 is 4.78. The predicted octanol–water partition coefficient (Wildman–Crippen LogP) is 19.4. The number of benzene rings is 11. The molecule has 0 radical (unpaired) electrons. The first kappa shape index (κ1) is 44.5. The molecule has 11 aromatic carbocycles. The van der Waals surface area contributed by atoms with Gasteiger partial charge < -0.3 is 14.0 Å². The minimum atomic E-state index is 1.09. The van der Waals surface area contributed by atoms with Gasteiger partial charge in [0.1, 0.15) is 0 Å². The molecule has 13 aromatic rings. The van der Waals surface area contributed by atoms with Gasteiger partial charge in [-0.2, -0.15) is 0 Å². The normalized spacial score (nSPS) is 11.1. The van der Waals surface area contributed by atoms with Gasteiger partial charge in [-0.3, -0.25) is 0 Å². The molecule has 0 spiro atoms. The molecule has 0 saturated heterocycles. The minimum absolute atomic E-state index is 1.09. The highest BCUT2D eigenvalue weighted by Gasteiger charge is 2.18. The van der Waals surface area contributed by atoms with Crippen molar-refractivity contribution >= 4 is 60.7 Å². The van der Waals surface area contributed by atoms with Crippen LogP contribution in [0.2, 0.25) is 0 Å². The average Bonchev–Trinajstić information content (AvgIpc) is 3.99. The molecular formula is C70H51N3. The Morgan fingerprint density at radius 1 is 0.247 bits per heavy atom. The zero-order valence-electron chi connectivity index (χ0n) is 40.4. The van der Waals surface area contributed by atoms with Crippen molar-refractivity contribution in [1.82, 2.24) is 9.13 Å². The predicted molar refractivity (Wildman–Crippen MR) is 312 cm³/mol. The molecule has 0 aliphatic carbocycles. The fourth-order valence-electron chi connectivity index (χ4n) is 10.4. The Kier molecular flexibility index (Phi) is 11.9. The maximum Gasteiger partial charge on any atom is 0.0547 e. The van der Waals surface area contributed by atoms with Crippen molar-refractivity contribution in [2.75, 3.05) is 4.90 Å². The first-order chi connectivity index (χ1) is 36.1. The lowest BCUT2D eigenvalue weighted by Gasteiger charge is -2.26. The molecule has 346 valence electrons. The Balaban J connectivity index is 0.00000131. The fourth-order valence-corrected chi connectivity index (χ4v) is 10.4. The van der Waals surface area contributed by atoms with Crippen molar-refractivity contribution in [2.45, 2.75) is 0 Å². The fraction of sp³-hybridized carbons (Fsp3) is 0. The van der Waals surface area contributed by atoms with Crippen molar-refractivity contribution < 1.29 is 0 Å². The number of allylic oxidation sites excluding steroid dienone is 2. The average molecular weight is 934 g/mol. The molecule has 13 rings (SSSR count). The molecule has 0 unspecified atom stereocenters. The summed E-state index contributed by atoms with van der Waals surface area (Å²) in [5, 5.41) is 4.99. The van der Waals surface area contributed by atoms with Gasteiger partial charge in [0.15, 0.2) is 0 Å². The van der Waals surface area contributed by atoms with E-state index in [1.165, 1.54) is 82.6 Å². The first-order valence-electron chi connectivity index (χ1n) is 24.8. The summed E-state index contributed by atoms with van der Waals surface area (Å²) in [5.41, 5.74) is 19.9. The van der Waals surface area contributed by atoms with E-state index in [0.29, 0.717) is 0 Å². The number of rotatable bonds is 10. The molecule has 2 aromatic heterocycles. The van der Waals surface area contributed by atoms with Crippen LogP contribution in [0.25, 0.3) is 99.5 Å². The molecular weight excluding hydrogens is 883 g/mol. The number of para-hydroxylation sites is 3. The van der Waals surface area contributed by atoms with E-state index in [-0.39, 0.29) is 0 Å². The second-order valence-corrected chi connectivity index (χ2v) is 18.2. The zero-order chi connectivity index (χ0) is 49.1. The van der Waals surface area contributed by atoms with E-state index in [1.54, 1.807) is 12.2 Å². The van der Waals surface area contributed by atoms with Crippen molar-refractivity contribution in [3.8, 4) is 55.9 Å². The molecule has 0 bridgehead atoms. The van der Waals surface area contributed by atoms with Gasteiger partial charge in [-0.25, -0.2) is 0 Å². The van der Waals surface area contributed by atoms with Crippen molar-refractivity contribution in [1.29, 1.82) is 0 Å². The molecule has 2 heterocycles. The van der Waals surface area contributed by atoms with E-state index in [9.17, 15) is 0 Å². The van der Waals surface area contributed by atoms with Crippen LogP contribution in [-0.2, 0) is 0 Å². The molecule has 0 atom stereocenters. The lowest BCUT2D eigenvalue weighted by Crippen LogP contribution is -2.10. The monoisotopic (exact) mass is 933 g/mol. The molecule has 0 aliphatic heterocycles. The van der Waals surface area contributed by atoms with Crippen LogP contribution in [0.1, 0.15) is 0 Å². The number of hydrogen-bond acceptors (Lipinski definition) is 1. The van der Waals surface area contributed by atoms with Crippen LogP contribution in [0.15, 0.2) is 298 Å². The molecule has 0 fully saturated rings. The van der Waals surface area contributed by atoms with Gasteiger partial charge >= 0.3 is 0 Å². The Hall–Kier alpha value is -9.70. The third kappa shape index (κ3) is 8.49. The van der Waals surface area contributed by atoms with E-state index in [0.717, 1.165) is 34.0 Å². The highest BCUT2D eigenvalue weighted by molar-refractivity contribution is 6.12. The van der Waals surface area contributed by atoms with Crippen molar-refractivity contribution in [2.24, 2.45) is 0 Å². The lowest BCUT2D eigenvalue weighted by atomic mass is 9.97. The lowest BCUT2D eigenvalue weighted by molar-refractivity contribution is 1.17. The van der Waals surface area contributed by atoms with Crippen molar-refractivity contribution in [3.63, 3.8) is 0 Å². The number of hydrogen-bond donors (Lipinski definition) is 0. The highest BCUT2D eigenvalue weighted by atomic mass is 15.1. The molecule has 0 amide bonds. The van der Waals surface area contributed by atoms with Crippen LogP contribution in [0.4, 0.5) is 17.1 Å². The molecule has 3 nitrogen and oxygen atoms in total. The van der Waals surface area contributed by atoms with Gasteiger partial charge in [0.25, 0.3) is 0 Å². The highest BCUT2D eigenvalue weighted by Crippen LogP contribution is 2.41. The standard InChI is InChI=1S/C66H45N3.C4H6/c1-4-15-46(16-5-1)48-27-33-55(34-28-48)67(57-37-39-58(40-38-57)68-63-25-12-10-23-59(63)60-24-11-13-26-64(60)68)56-35-29-49(30-36-56)50-19-14-20-51(43-50)52-32-42-65-62(44-52)61-41-31-53(47-17-6-2-7-18-47)45-66(61)69(65)54-21-8-3-9-22-54;1-3-4-2/h1-45H;3-4H,1-2H2. The van der Waals surface area contributed by atoms with Crippen molar-refractivity contribution in [3.05, 3.63) is 298 Å². The molecule has 0 saturated carbocycles. The Labute approximate surface area is 426 Å². The summed E-state index contributed by atoms with van der Waals surface area (Å²) in [6, 6.07) is 99.0. The molecule has 0 aliphatic rings.